The minimum Gasteiger partial charge on any atom is -0.339 e. The number of benzene rings is 1. The normalized spacial score (nSPS) is 15.1. The highest BCUT2D eigenvalue weighted by Gasteiger charge is 2.54. The topological polar surface area (TPSA) is 163 Å². The summed E-state index contributed by atoms with van der Waals surface area (Å²) in [6.07, 6.45) is -3.69. The maximum Gasteiger partial charge on any atom is 0.458 e. The average Bonchev–Trinajstić information content (AvgIpc) is 2.94. The second-order valence-electron chi connectivity index (χ2n) is 10.4. The van der Waals surface area contributed by atoms with Gasteiger partial charge in [0, 0.05) is 37.1 Å². The molecule has 3 N–H and O–H groups in total. The molecule has 0 radical (unpaired) electrons. The van der Waals surface area contributed by atoms with Gasteiger partial charge in [0.2, 0.25) is 21.9 Å². The predicted molar refractivity (Wildman–Crippen MR) is 157 cm³/mol. The Bertz CT molecular complexity index is 1780. The molecule has 0 unspecified atom stereocenters. The standard InChI is InChI=1S/C23H24ClN7O3S.C4F6O2/c1-35(33,34)31-12-15(13-31)7-21(32)29-20-5-4-17-8-16(20)3-2-14-6-18(10-25-9-14)28-23-26-11-19(24)22(27-17)30-23;5-3(6,7)1(11)2(12)4(8,9)10/h4-6,8-11,15H,2-3,7,12-13H2,1H3,(H,29,32)(H2,26,27,28,30);. The lowest BCUT2D eigenvalue weighted by molar-refractivity contribution is -0.193. The van der Waals surface area contributed by atoms with Crippen LogP contribution >= 0.6 is 11.6 Å². The van der Waals surface area contributed by atoms with Crippen molar-refractivity contribution in [2.24, 2.45) is 5.92 Å². The number of ketones is 2. The van der Waals surface area contributed by atoms with Crippen molar-refractivity contribution >= 4 is 67.9 Å². The fourth-order valence-electron chi connectivity index (χ4n) is 4.40. The van der Waals surface area contributed by atoms with Crippen LogP contribution in [0.1, 0.15) is 17.5 Å². The van der Waals surface area contributed by atoms with Crippen LogP contribution in [0.15, 0.2) is 42.9 Å². The number of rotatable bonds is 5. The maximum atomic E-state index is 12.7. The van der Waals surface area contributed by atoms with Crippen molar-refractivity contribution in [2.75, 3.05) is 35.3 Å². The smallest absolute Gasteiger partial charge is 0.339 e. The molecule has 1 amide bonds. The van der Waals surface area contributed by atoms with Crippen molar-refractivity contribution in [1.29, 1.82) is 0 Å². The summed E-state index contributed by atoms with van der Waals surface area (Å²) < 4.78 is 91.5. The second-order valence-corrected chi connectivity index (χ2v) is 12.8. The molecule has 0 aliphatic carbocycles. The van der Waals surface area contributed by atoms with Gasteiger partial charge >= 0.3 is 23.9 Å². The first-order chi connectivity index (χ1) is 21.8. The molecular weight excluding hydrogens is 684 g/mol. The van der Waals surface area contributed by atoms with Gasteiger partial charge in [-0.15, -0.1) is 0 Å². The van der Waals surface area contributed by atoms with E-state index in [1.54, 1.807) is 6.20 Å². The predicted octanol–water partition coefficient (Wildman–Crippen LogP) is 4.58. The molecule has 20 heteroatoms. The summed E-state index contributed by atoms with van der Waals surface area (Å²) in [6, 6.07) is 7.65. The molecule has 1 saturated heterocycles. The number of aryl methyl sites for hydroxylation is 2. The van der Waals surface area contributed by atoms with E-state index in [9.17, 15) is 49.1 Å². The van der Waals surface area contributed by atoms with Gasteiger partial charge in [0.05, 0.1) is 24.3 Å². The Kier molecular flexibility index (Phi) is 10.4. The molecule has 0 saturated carbocycles. The molecular formula is C27H24ClF6N7O5S. The molecule has 1 aromatic carbocycles. The van der Waals surface area contributed by atoms with Crippen molar-refractivity contribution < 1.29 is 49.1 Å². The highest BCUT2D eigenvalue weighted by atomic mass is 35.5. The van der Waals surface area contributed by atoms with Crippen molar-refractivity contribution in [3.05, 3.63) is 59.0 Å². The van der Waals surface area contributed by atoms with E-state index in [4.69, 9.17) is 11.6 Å². The molecule has 47 heavy (non-hydrogen) atoms. The van der Waals surface area contributed by atoms with Crippen molar-refractivity contribution in [3.8, 4) is 0 Å². The van der Waals surface area contributed by atoms with E-state index in [0.717, 1.165) is 22.5 Å². The van der Waals surface area contributed by atoms with E-state index in [-0.39, 0.29) is 18.2 Å². The fraction of sp³-hybridized carbons (Fsp3) is 0.333. The van der Waals surface area contributed by atoms with Gasteiger partial charge in [-0.25, -0.2) is 17.7 Å². The summed E-state index contributed by atoms with van der Waals surface area (Å²) in [7, 11) is -3.20. The minimum atomic E-state index is -5.77. The van der Waals surface area contributed by atoms with E-state index in [1.807, 2.05) is 30.5 Å². The van der Waals surface area contributed by atoms with E-state index < -0.39 is 33.9 Å². The Hall–Kier alpha value is -4.36. The van der Waals surface area contributed by atoms with Gasteiger partial charge < -0.3 is 16.0 Å². The molecule has 2 aliphatic heterocycles. The van der Waals surface area contributed by atoms with Crippen LogP contribution in [-0.2, 0) is 37.2 Å². The lowest BCUT2D eigenvalue weighted by Gasteiger charge is -2.36. The van der Waals surface area contributed by atoms with E-state index in [0.29, 0.717) is 48.4 Å². The van der Waals surface area contributed by atoms with Crippen LogP contribution in [0.5, 0.6) is 0 Å². The van der Waals surface area contributed by atoms with Crippen LogP contribution in [0, 0.1) is 5.92 Å². The van der Waals surface area contributed by atoms with Gasteiger partial charge in [0.25, 0.3) is 0 Å². The van der Waals surface area contributed by atoms with Crippen LogP contribution in [0.4, 0.5) is 55.2 Å². The van der Waals surface area contributed by atoms with Gasteiger partial charge in [0.1, 0.15) is 5.02 Å². The Morgan fingerprint density at radius 1 is 0.957 bits per heavy atom. The summed E-state index contributed by atoms with van der Waals surface area (Å²) in [5.74, 6) is -6.09. The lowest BCUT2D eigenvalue weighted by Crippen LogP contribution is -2.50. The molecule has 4 heterocycles. The van der Waals surface area contributed by atoms with E-state index >= 15 is 0 Å². The highest BCUT2D eigenvalue weighted by molar-refractivity contribution is 7.88. The zero-order valence-corrected chi connectivity index (χ0v) is 25.6. The van der Waals surface area contributed by atoms with E-state index in [1.165, 1.54) is 16.8 Å². The second kappa shape index (κ2) is 13.8. The third-order valence-electron chi connectivity index (χ3n) is 6.71. The number of pyridine rings is 1. The van der Waals surface area contributed by atoms with E-state index in [2.05, 4.69) is 30.9 Å². The summed E-state index contributed by atoms with van der Waals surface area (Å²) >= 11 is 6.31. The van der Waals surface area contributed by atoms with Gasteiger partial charge in [-0.05, 0) is 54.2 Å². The molecule has 252 valence electrons. The zero-order chi connectivity index (χ0) is 34.7. The summed E-state index contributed by atoms with van der Waals surface area (Å²) in [6.45, 7) is 0.752. The number of Topliss-reactive ketones (excluding diaryl/α,β-unsaturated/α-hetero) is 2. The number of carbonyl (C=O) groups is 3. The van der Waals surface area contributed by atoms with Gasteiger partial charge in [-0.2, -0.15) is 31.3 Å². The molecule has 0 atom stereocenters. The minimum absolute atomic E-state index is 0.0196. The Morgan fingerprint density at radius 3 is 2.23 bits per heavy atom. The number of fused-ring (bicyclic) bond motifs is 6. The van der Waals surface area contributed by atoms with Crippen LogP contribution in [0.25, 0.3) is 0 Å². The van der Waals surface area contributed by atoms with Gasteiger partial charge in [-0.3, -0.25) is 19.4 Å². The number of aromatic nitrogens is 3. The lowest BCUT2D eigenvalue weighted by atomic mass is 9.98. The SMILES string of the molecule is CS(=O)(=O)N1CC(CC(=O)Nc2ccc3cc2CCc2cncc(c2)Nc2ncc(Cl)c(n2)N3)C1.O=C(C(=O)C(F)(F)F)C(F)(F)F. The van der Waals surface area contributed by atoms with Crippen molar-refractivity contribution in [3.63, 3.8) is 0 Å². The quantitative estimate of drug-likeness (QED) is 0.253. The maximum absolute atomic E-state index is 12.7. The summed E-state index contributed by atoms with van der Waals surface area (Å²) in [5.41, 5.74) is 4.22. The molecule has 1 fully saturated rings. The Balaban J connectivity index is 0.000000356. The van der Waals surface area contributed by atoms with Crippen molar-refractivity contribution in [1.82, 2.24) is 19.3 Å². The van der Waals surface area contributed by atoms with Crippen LogP contribution in [0.3, 0.4) is 0 Å². The molecule has 0 spiro atoms. The number of nitrogens with zero attached hydrogens (tertiary/aromatic N) is 4. The molecule has 6 bridgehead atoms. The van der Waals surface area contributed by atoms with Crippen LogP contribution < -0.4 is 16.0 Å². The molecule has 5 rings (SSSR count). The largest absolute Gasteiger partial charge is 0.458 e. The third kappa shape index (κ3) is 9.58. The molecule has 3 aromatic rings. The Morgan fingerprint density at radius 2 is 1.62 bits per heavy atom. The molecule has 12 nitrogen and oxygen atoms in total. The fourth-order valence-corrected chi connectivity index (χ4v) is 5.50. The highest BCUT2D eigenvalue weighted by Crippen LogP contribution is 2.30. The number of hydrogen-bond donors (Lipinski definition) is 3. The number of carbonyl (C=O) groups excluding carboxylic acids is 3. The van der Waals surface area contributed by atoms with Crippen LogP contribution in [-0.4, -0.2) is 76.8 Å². The zero-order valence-electron chi connectivity index (χ0n) is 24.0. The number of amides is 1. The Labute approximate surface area is 268 Å². The molecule has 2 aliphatic rings. The first-order valence-electron chi connectivity index (χ1n) is 13.4. The van der Waals surface area contributed by atoms with Crippen LogP contribution in [0.2, 0.25) is 5.02 Å². The summed E-state index contributed by atoms with van der Waals surface area (Å²) in [5, 5.41) is 9.77. The van der Waals surface area contributed by atoms with Gasteiger partial charge in [-0.1, -0.05) is 11.6 Å². The number of sulfonamides is 1. The first kappa shape index (κ1) is 35.5. The number of halogens is 7. The number of alkyl halides is 6. The van der Waals surface area contributed by atoms with Crippen molar-refractivity contribution in [2.45, 2.75) is 31.6 Å². The average molecular weight is 708 g/mol. The van der Waals surface area contributed by atoms with Gasteiger partial charge in [0.15, 0.2) is 5.82 Å². The number of hydrogen-bond acceptors (Lipinski definition) is 10. The molecule has 2 aromatic heterocycles. The summed E-state index contributed by atoms with van der Waals surface area (Å²) in [4.78, 5) is 45.0. The number of anilines is 5. The monoisotopic (exact) mass is 707 g/mol. The first-order valence-corrected chi connectivity index (χ1v) is 15.6. The third-order valence-corrected chi connectivity index (χ3v) is 8.22. The number of nitrogens with one attached hydrogen (secondary N) is 3.